The number of hydrogen-bond acceptors (Lipinski definition) is 0. The average molecular weight is 298 g/mol. The molecule has 0 spiro atoms. The molecule has 0 fully saturated rings. The van der Waals surface area contributed by atoms with Gasteiger partial charge in [-0.25, -0.2) is 0 Å². The van der Waals surface area contributed by atoms with Crippen LogP contribution in [0, 0.1) is 23.7 Å². The van der Waals surface area contributed by atoms with Gasteiger partial charge >= 0.3 is 7.21 Å². The highest BCUT2D eigenvalue weighted by molar-refractivity contribution is 6.00. The second kappa shape index (κ2) is 8.88. The van der Waals surface area contributed by atoms with E-state index in [0.717, 1.165) is 16.7 Å². The van der Waals surface area contributed by atoms with Crippen LogP contribution in [-0.2, 0) is 0 Å². The first kappa shape index (κ1) is 14.6. The van der Waals surface area contributed by atoms with Crippen LogP contribution >= 0.6 is 0 Å². The Morgan fingerprint density at radius 2 is 1.61 bits per heavy atom. The van der Waals surface area contributed by atoms with Gasteiger partial charge in [0.2, 0.25) is 0 Å². The zero-order chi connectivity index (χ0) is 17.0. The summed E-state index contributed by atoms with van der Waals surface area (Å²) in [4.78, 5) is 4.57. The summed E-state index contributed by atoms with van der Waals surface area (Å²) in [6.07, 6.45) is 16.6. The number of ketones is 1. The van der Waals surface area contributed by atoms with E-state index < -0.39 is 0 Å². The van der Waals surface area contributed by atoms with E-state index >= 15 is 0 Å². The molecule has 0 atom stereocenters. The lowest BCUT2D eigenvalue weighted by atomic mass is 10.1. The first-order valence-electron chi connectivity index (χ1n) is 7.68. The highest BCUT2D eigenvalue weighted by atomic mass is 16.1. The third-order valence-corrected chi connectivity index (χ3v) is 2.96. The first-order valence-corrected chi connectivity index (χ1v) is 7.27. The van der Waals surface area contributed by atoms with Crippen molar-refractivity contribution in [1.82, 2.24) is 0 Å². The van der Waals surface area contributed by atoms with Crippen molar-refractivity contribution in [3.05, 3.63) is 89.6 Å². The second-order valence-electron chi connectivity index (χ2n) is 4.80. The molecule has 0 unspecified atom stereocenters. The molecule has 110 valence electrons. The predicted octanol–water partition coefficient (Wildman–Crippen LogP) is 4.23. The third kappa shape index (κ3) is 5.92. The fraction of sp³-hybridized carbons (Fsp3) is 0.0455. The van der Waals surface area contributed by atoms with Crippen LogP contribution in [0.15, 0.2) is 78.4 Å². The molecule has 0 saturated carbocycles. The maximum atomic E-state index is 7.07. The van der Waals surface area contributed by atoms with E-state index in [9.17, 15) is 0 Å². The van der Waals surface area contributed by atoms with Gasteiger partial charge in [-0.05, 0) is 36.0 Å². The van der Waals surface area contributed by atoms with E-state index in [2.05, 4.69) is 28.5 Å². The molecule has 1 heteroatoms. The lowest BCUT2D eigenvalue weighted by Crippen LogP contribution is -1.84. The van der Waals surface area contributed by atoms with Crippen molar-refractivity contribution < 1.29 is 6.23 Å². The van der Waals surface area contributed by atoms with Crippen LogP contribution in [0.1, 0.15) is 19.5 Å². The highest BCUT2D eigenvalue weighted by Crippen LogP contribution is 2.09. The van der Waals surface area contributed by atoms with E-state index in [1.807, 2.05) is 73.7 Å². The molecular formula is C22H17O+. The molecule has 0 bridgehead atoms. The minimum absolute atomic E-state index is 0.446. The topological polar surface area (TPSA) is 21.4 Å². The molecule has 1 aliphatic carbocycles. The Labute approximate surface area is 138 Å². The van der Waals surface area contributed by atoms with Crippen LogP contribution in [0.25, 0.3) is 6.08 Å². The van der Waals surface area contributed by atoms with Gasteiger partial charge in [-0.3, -0.25) is 4.80 Å². The summed E-state index contributed by atoms with van der Waals surface area (Å²) >= 11 is 0. The Balaban J connectivity index is 2.43. The van der Waals surface area contributed by atoms with Crippen molar-refractivity contribution in [1.29, 1.82) is 0 Å². The molecular weight excluding hydrogens is 280 g/mol. The number of carbonyl (C=O) groups excluding carboxylic acids is 1. The summed E-state index contributed by atoms with van der Waals surface area (Å²) in [6.45, 7) is 1.93. The van der Waals surface area contributed by atoms with E-state index in [0.29, 0.717) is 5.78 Å². The Kier molecular flexibility index (Phi) is 5.65. The van der Waals surface area contributed by atoms with Crippen LogP contribution in [0.2, 0.25) is 0 Å². The van der Waals surface area contributed by atoms with E-state index in [1.54, 1.807) is 12.2 Å². The van der Waals surface area contributed by atoms with Crippen molar-refractivity contribution in [2.75, 3.05) is 0 Å². The minimum Gasteiger partial charge on any atom is -0.274 e. The van der Waals surface area contributed by atoms with Gasteiger partial charge in [0, 0.05) is 17.7 Å². The van der Waals surface area contributed by atoms with Crippen LogP contribution < -0.4 is 0 Å². The fourth-order valence-electron chi connectivity index (χ4n) is 1.81. The molecule has 1 aliphatic rings. The van der Waals surface area contributed by atoms with Crippen molar-refractivity contribution in [2.45, 2.75) is 6.92 Å². The molecule has 23 heavy (non-hydrogen) atoms. The van der Waals surface area contributed by atoms with Crippen molar-refractivity contribution in [3.63, 3.8) is 0 Å². The number of fused-ring (bicyclic) bond motifs is 1. The highest BCUT2D eigenvalue weighted by Gasteiger charge is 1.95. The maximum absolute atomic E-state index is 7.07. The zero-order valence-corrected chi connectivity index (χ0v) is 12.9. The lowest BCUT2D eigenvalue weighted by molar-refractivity contribution is 0.684. The molecule has 0 aliphatic heterocycles. The Morgan fingerprint density at radius 3 is 2.48 bits per heavy atom. The predicted molar refractivity (Wildman–Crippen MR) is 98.2 cm³/mol. The third-order valence-electron chi connectivity index (χ3n) is 2.96. The number of benzene rings is 1. The van der Waals surface area contributed by atoms with Gasteiger partial charge in [0.25, 0.3) is 0 Å². The van der Waals surface area contributed by atoms with Gasteiger partial charge in [-0.2, -0.15) is 0 Å². The maximum Gasteiger partial charge on any atom is 0.686 e. The summed E-state index contributed by atoms with van der Waals surface area (Å²) in [7, 11) is 0. The Bertz CT molecular complexity index is 885. The van der Waals surface area contributed by atoms with Gasteiger partial charge in [0.15, 0.2) is 0 Å². The largest absolute Gasteiger partial charge is 0.686 e. The van der Waals surface area contributed by atoms with Gasteiger partial charge < -0.3 is 0 Å². The van der Waals surface area contributed by atoms with E-state index in [1.165, 1.54) is 0 Å². The normalized spacial score (nSPS) is 24.1. The number of allylic oxidation sites excluding steroid dienone is 9. The van der Waals surface area contributed by atoms with Gasteiger partial charge in [0.05, 0.1) is 0 Å². The quantitative estimate of drug-likeness (QED) is 0.505. The summed E-state index contributed by atoms with van der Waals surface area (Å²) in [5.74, 6) is 12.3. The molecule has 1 N–H and O–H groups in total. The van der Waals surface area contributed by atoms with Crippen LogP contribution in [-0.4, -0.2) is 10.6 Å². The van der Waals surface area contributed by atoms with Crippen LogP contribution in [0.4, 0.5) is 0 Å². The lowest BCUT2D eigenvalue weighted by Gasteiger charge is -1.96. The van der Waals surface area contributed by atoms with Crippen molar-refractivity contribution >= 4 is 11.9 Å². The van der Waals surface area contributed by atoms with Crippen molar-refractivity contribution in [2.24, 2.45) is 0 Å². The van der Waals surface area contributed by atoms with Crippen LogP contribution in [0.3, 0.4) is 0 Å². The molecule has 0 radical (unpaired) electrons. The summed E-state index contributed by atoms with van der Waals surface area (Å²) in [6, 6.07) is 7.88. The smallest absolute Gasteiger partial charge is 0.274 e. The van der Waals surface area contributed by atoms with E-state index in [-0.39, 0.29) is 0 Å². The Morgan fingerprint density at radius 1 is 0.870 bits per heavy atom. The second-order valence-corrected chi connectivity index (χ2v) is 4.80. The average Bonchev–Trinajstić information content (AvgIpc) is 2.60. The van der Waals surface area contributed by atoms with Gasteiger partial charge in [-0.15, -0.1) is 0 Å². The monoisotopic (exact) mass is 298 g/mol. The molecule has 1 aromatic rings. The van der Waals surface area contributed by atoms with Gasteiger partial charge in [-0.1, -0.05) is 72.6 Å². The standard InChI is InChI=1S/C22H16O/c1-19-11-3-2-4-17-22(23)18-10-9-16-21-15-8-7-14-20(21)13-6-5-12-19/h2-4,7-11,14-18H,1H3/p+1/b3-2+,16-9+,17-4+,18-10+,19-11-/i/hD. The molecule has 2 rings (SSSR count). The molecule has 1 nitrogen and oxygen atoms in total. The first-order chi connectivity index (χ1) is 11.8. The number of rotatable bonds is 0. The van der Waals surface area contributed by atoms with Crippen LogP contribution in [0.5, 0.6) is 0 Å². The SMILES string of the molecule is [2H][O+]=C1/C=C/C=C/C=C(/C)C#CC#Cc2ccccc2/C=C/C=C/1. The molecule has 1 aromatic carbocycles. The molecule has 0 aromatic heterocycles. The van der Waals surface area contributed by atoms with Gasteiger partial charge in [0.1, 0.15) is 0 Å². The van der Waals surface area contributed by atoms with E-state index in [4.69, 9.17) is 1.43 Å². The van der Waals surface area contributed by atoms with Crippen molar-refractivity contribution in [3.8, 4) is 23.7 Å². The summed E-state index contributed by atoms with van der Waals surface area (Å²) in [5.41, 5.74) is 2.86. The summed E-state index contributed by atoms with van der Waals surface area (Å²) in [5, 5.41) is 0. The number of hydrogen-bond donors (Lipinski definition) is 0. The molecule has 0 amide bonds. The Hall–Kier alpha value is -3.29. The zero-order valence-electron chi connectivity index (χ0n) is 13.9. The molecule has 0 heterocycles. The summed E-state index contributed by atoms with van der Waals surface area (Å²) < 4.78 is 7.07. The molecule has 0 saturated heterocycles. The fourth-order valence-corrected chi connectivity index (χ4v) is 1.81. The minimum atomic E-state index is 0.446.